The smallest absolute Gasteiger partial charge is 0.410 e. The maximum absolute atomic E-state index is 13.3. The number of ketones is 1. The third-order valence-corrected chi connectivity index (χ3v) is 12.3. The fourth-order valence-electron chi connectivity index (χ4n) is 8.39. The topological polar surface area (TPSA) is 72.9 Å². The van der Waals surface area contributed by atoms with Crippen molar-refractivity contribution in [3.63, 3.8) is 0 Å². The summed E-state index contributed by atoms with van der Waals surface area (Å²) in [6, 6.07) is 4.19. The molecule has 12 heteroatoms. The number of nitrogens with zero attached hydrogens (tertiary/aromatic N) is 1. The number of Topliss-reactive ketones (excluding diaryl/α,β-unsaturated/α-hetero) is 1. The van der Waals surface area contributed by atoms with Crippen molar-refractivity contribution in [2.24, 2.45) is 23.2 Å². The second-order valence-corrected chi connectivity index (χ2v) is 15.1. The Hall–Kier alpha value is -2.08. The molecule has 6 atom stereocenters. The Morgan fingerprint density at radius 1 is 1.11 bits per heavy atom. The quantitative estimate of drug-likeness (QED) is 0.247. The molecular weight excluding hydrogens is 617 g/mol. The van der Waals surface area contributed by atoms with Crippen LogP contribution in [0.2, 0.25) is 0 Å². The first-order valence-corrected chi connectivity index (χ1v) is 17.8. The van der Waals surface area contributed by atoms with E-state index in [1.165, 1.54) is 5.56 Å². The van der Waals surface area contributed by atoms with Crippen LogP contribution in [0, 0.1) is 23.2 Å². The van der Waals surface area contributed by atoms with Crippen LogP contribution >= 0.6 is 0 Å². The summed E-state index contributed by atoms with van der Waals surface area (Å²) in [6.07, 6.45) is -2.03. The molecular formula is C33H44F5NO5S. The maximum Gasteiger partial charge on any atom is 0.453 e. The maximum atomic E-state index is 13.3. The van der Waals surface area contributed by atoms with E-state index >= 15 is 0 Å². The first kappa shape index (κ1) is 34.3. The lowest BCUT2D eigenvalue weighted by molar-refractivity contribution is -0.284. The summed E-state index contributed by atoms with van der Waals surface area (Å²) in [4.78, 5) is 27.7. The first-order valence-electron chi connectivity index (χ1n) is 16.3. The molecule has 3 aliphatic carbocycles. The predicted molar refractivity (Wildman–Crippen MR) is 160 cm³/mol. The van der Waals surface area contributed by atoms with Crippen LogP contribution in [0.15, 0.2) is 12.1 Å². The lowest BCUT2D eigenvalue weighted by Crippen LogP contribution is -2.46. The van der Waals surface area contributed by atoms with Crippen LogP contribution in [-0.4, -0.2) is 70.9 Å². The molecule has 0 aromatic heterocycles. The molecule has 6 nitrogen and oxygen atoms in total. The minimum absolute atomic E-state index is 0.180. The van der Waals surface area contributed by atoms with E-state index in [1.54, 1.807) is 4.90 Å². The summed E-state index contributed by atoms with van der Waals surface area (Å²) in [6.45, 7) is 6.03. The van der Waals surface area contributed by atoms with Gasteiger partial charge in [0.1, 0.15) is 11.5 Å². The Balaban J connectivity index is 1.32. The van der Waals surface area contributed by atoms with Crippen LogP contribution in [0.5, 0.6) is 5.75 Å². The van der Waals surface area contributed by atoms with E-state index < -0.39 is 41.8 Å². The second-order valence-electron chi connectivity index (χ2n) is 13.4. The monoisotopic (exact) mass is 661 g/mol. The average Bonchev–Trinajstić information content (AvgIpc) is 3.30. The number of hydrogen-bond acceptors (Lipinski definition) is 5. The van der Waals surface area contributed by atoms with Gasteiger partial charge in [-0.25, -0.2) is 4.79 Å². The highest BCUT2D eigenvalue weighted by Crippen LogP contribution is 2.61. The molecule has 5 rings (SSSR count). The van der Waals surface area contributed by atoms with Gasteiger partial charge in [-0.05, 0) is 97.8 Å². The average molecular weight is 662 g/mol. The number of amides is 1. The third kappa shape index (κ3) is 7.11. The molecule has 2 saturated carbocycles. The molecule has 0 radical (unpaired) electrons. The molecule has 1 aromatic carbocycles. The lowest BCUT2D eigenvalue weighted by Gasteiger charge is -2.52. The SMILES string of the molecule is CCc1cc2c(cc1OC(=O)N1CCOCC1)C[C@@H](CCCS(=O)CCCC(F)(F)C(F)(F)F)[C@@H]1[C@@H]2CC[C@]2(C)C(=O)CC[C@@H]12. The Morgan fingerprint density at radius 3 is 2.51 bits per heavy atom. The molecule has 1 aromatic rings. The number of morpholine rings is 1. The van der Waals surface area contributed by atoms with E-state index in [0.717, 1.165) is 30.4 Å². The summed E-state index contributed by atoms with van der Waals surface area (Å²) >= 11 is 0. The van der Waals surface area contributed by atoms with Gasteiger partial charge in [0, 0.05) is 53.7 Å². The molecule has 1 heterocycles. The normalized spacial score (nSPS) is 29.1. The van der Waals surface area contributed by atoms with Gasteiger partial charge in [-0.1, -0.05) is 19.9 Å². The predicted octanol–water partition coefficient (Wildman–Crippen LogP) is 7.24. The minimum atomic E-state index is -5.60. The number of halogens is 5. The summed E-state index contributed by atoms with van der Waals surface area (Å²) in [7, 11) is -1.50. The number of ether oxygens (including phenoxy) is 2. The van der Waals surface area contributed by atoms with E-state index in [1.807, 2.05) is 13.0 Å². The Labute approximate surface area is 264 Å². The molecule has 45 heavy (non-hydrogen) atoms. The second kappa shape index (κ2) is 13.6. The van der Waals surface area contributed by atoms with Gasteiger partial charge in [-0.2, -0.15) is 22.0 Å². The molecule has 3 fully saturated rings. The molecule has 0 bridgehead atoms. The van der Waals surface area contributed by atoms with Crippen molar-refractivity contribution in [2.45, 2.75) is 96.1 Å². The zero-order valence-corrected chi connectivity index (χ0v) is 26.9. The summed E-state index contributed by atoms with van der Waals surface area (Å²) in [5.74, 6) is -2.94. The van der Waals surface area contributed by atoms with Gasteiger partial charge in [-0.15, -0.1) is 0 Å². The van der Waals surface area contributed by atoms with Crippen LogP contribution in [0.4, 0.5) is 26.7 Å². The molecule has 1 saturated heterocycles. The highest BCUT2D eigenvalue weighted by molar-refractivity contribution is 7.84. The molecule has 1 unspecified atom stereocenters. The highest BCUT2D eigenvalue weighted by atomic mass is 32.2. The third-order valence-electron chi connectivity index (χ3n) is 10.9. The van der Waals surface area contributed by atoms with Crippen molar-refractivity contribution >= 4 is 22.7 Å². The molecule has 0 spiro atoms. The number of carbonyl (C=O) groups is 2. The van der Waals surface area contributed by atoms with Gasteiger partial charge in [0.25, 0.3) is 0 Å². The summed E-state index contributed by atoms with van der Waals surface area (Å²) in [5, 5.41) is 0. The Morgan fingerprint density at radius 2 is 1.82 bits per heavy atom. The van der Waals surface area contributed by atoms with Gasteiger partial charge >= 0.3 is 18.2 Å². The zero-order chi connectivity index (χ0) is 32.6. The summed E-state index contributed by atoms with van der Waals surface area (Å²) < 4.78 is 87.9. The van der Waals surface area contributed by atoms with Crippen molar-refractivity contribution in [1.29, 1.82) is 0 Å². The first-order chi connectivity index (χ1) is 21.2. The summed E-state index contributed by atoms with van der Waals surface area (Å²) in [5.41, 5.74) is 2.99. The van der Waals surface area contributed by atoms with Crippen LogP contribution in [0.25, 0.3) is 0 Å². The van der Waals surface area contributed by atoms with Crippen molar-refractivity contribution in [1.82, 2.24) is 4.90 Å². The van der Waals surface area contributed by atoms with Gasteiger partial charge in [0.2, 0.25) is 0 Å². The van der Waals surface area contributed by atoms with E-state index in [9.17, 15) is 35.8 Å². The number of carbonyl (C=O) groups excluding carboxylic acids is 2. The molecule has 4 aliphatic rings. The minimum Gasteiger partial charge on any atom is -0.410 e. The Kier molecular flexibility index (Phi) is 10.3. The fourth-order valence-corrected chi connectivity index (χ4v) is 9.55. The number of alkyl halides is 5. The number of hydrogen-bond donors (Lipinski definition) is 0. The van der Waals surface area contributed by atoms with Crippen LogP contribution in [0.1, 0.15) is 87.8 Å². The van der Waals surface area contributed by atoms with Gasteiger partial charge in [-0.3, -0.25) is 9.00 Å². The van der Waals surface area contributed by atoms with Crippen molar-refractivity contribution in [3.8, 4) is 5.75 Å². The number of rotatable bonds is 10. The van der Waals surface area contributed by atoms with Gasteiger partial charge in [0.15, 0.2) is 0 Å². The zero-order valence-electron chi connectivity index (χ0n) is 26.1. The Bertz CT molecular complexity index is 1280. The lowest BCUT2D eigenvalue weighted by atomic mass is 9.52. The number of aryl methyl sites for hydroxylation is 1. The van der Waals surface area contributed by atoms with E-state index in [0.29, 0.717) is 69.9 Å². The van der Waals surface area contributed by atoms with Crippen LogP contribution in [0.3, 0.4) is 0 Å². The molecule has 1 aliphatic heterocycles. The van der Waals surface area contributed by atoms with Crippen molar-refractivity contribution < 1.29 is 45.2 Å². The molecule has 252 valence electrons. The van der Waals surface area contributed by atoms with Crippen LogP contribution in [-0.2, 0) is 33.2 Å². The van der Waals surface area contributed by atoms with E-state index in [4.69, 9.17) is 9.47 Å². The standard InChI is InChI=1S/C33H44F5NO5S/c1-3-21-19-25-23(20-27(21)44-30(41)39-12-14-43-15-13-39)18-22(29-24(25)9-11-31(2)26(29)7-8-28(31)40)6-4-16-45(42)17-5-10-32(34,35)33(36,37)38/h19-20,22,24,26,29H,3-18H2,1-2H3/t22-,24-,26+,29-,31+,45?/m1/s1. The molecule has 1 amide bonds. The largest absolute Gasteiger partial charge is 0.453 e. The van der Waals surface area contributed by atoms with Crippen molar-refractivity contribution in [3.05, 3.63) is 28.8 Å². The van der Waals surface area contributed by atoms with Crippen molar-refractivity contribution in [2.75, 3.05) is 37.8 Å². The number of benzene rings is 1. The van der Waals surface area contributed by atoms with Crippen LogP contribution < -0.4 is 4.74 Å². The van der Waals surface area contributed by atoms with E-state index in [-0.39, 0.29) is 40.6 Å². The highest BCUT2D eigenvalue weighted by Gasteiger charge is 2.57. The van der Waals surface area contributed by atoms with E-state index in [2.05, 4.69) is 13.0 Å². The van der Waals surface area contributed by atoms with Gasteiger partial charge < -0.3 is 14.4 Å². The molecule has 0 N–H and O–H groups in total. The fraction of sp³-hybridized carbons (Fsp3) is 0.758. The van der Waals surface area contributed by atoms with Gasteiger partial charge in [0.05, 0.1) is 13.2 Å². The number of fused-ring (bicyclic) bond motifs is 5.